The minimum Gasteiger partial charge on any atom is -0.302 e. The quantitative estimate of drug-likeness (QED) is 0.289. The van der Waals surface area contributed by atoms with Crippen LogP contribution in [-0.4, -0.2) is 24.5 Å². The van der Waals surface area contributed by atoms with E-state index in [4.69, 9.17) is 0 Å². The van der Waals surface area contributed by atoms with E-state index in [9.17, 15) is 0 Å². The van der Waals surface area contributed by atoms with Gasteiger partial charge in [-0.25, -0.2) is 0 Å². The van der Waals surface area contributed by atoms with Gasteiger partial charge >= 0.3 is 0 Å². The van der Waals surface area contributed by atoms with Gasteiger partial charge in [-0.3, -0.25) is 0 Å². The molecule has 0 unspecified atom stereocenters. The molecule has 0 aliphatic rings. The molecule has 0 rings (SSSR count). The SMILES string of the molecule is CCCCC(C)(C)CN(CC(C)(C)CCCC)CC(C)(C)CCCC. The van der Waals surface area contributed by atoms with Crippen molar-refractivity contribution in [1.82, 2.24) is 4.90 Å². The topological polar surface area (TPSA) is 3.24 Å². The second-order valence-electron chi connectivity index (χ2n) is 10.9. The molecule has 0 bridgehead atoms. The van der Waals surface area contributed by atoms with Gasteiger partial charge in [0.2, 0.25) is 0 Å². The molecule has 0 aliphatic heterocycles. The zero-order valence-corrected chi connectivity index (χ0v) is 19.4. The summed E-state index contributed by atoms with van der Waals surface area (Å²) < 4.78 is 0. The van der Waals surface area contributed by atoms with Gasteiger partial charge in [-0.2, -0.15) is 0 Å². The Morgan fingerprint density at radius 1 is 0.480 bits per heavy atom. The van der Waals surface area contributed by atoms with Crippen LogP contribution in [0.15, 0.2) is 0 Å². The number of hydrogen-bond donors (Lipinski definition) is 0. The van der Waals surface area contributed by atoms with Crippen LogP contribution in [0.2, 0.25) is 0 Å². The van der Waals surface area contributed by atoms with E-state index in [1.807, 2.05) is 0 Å². The minimum atomic E-state index is 0.428. The van der Waals surface area contributed by atoms with Crippen LogP contribution in [0.25, 0.3) is 0 Å². The van der Waals surface area contributed by atoms with Crippen molar-refractivity contribution in [1.29, 1.82) is 0 Å². The average Bonchev–Trinajstić information content (AvgIpc) is 2.47. The predicted molar refractivity (Wildman–Crippen MR) is 116 cm³/mol. The Morgan fingerprint density at radius 3 is 0.920 bits per heavy atom. The van der Waals surface area contributed by atoms with Gasteiger partial charge in [0.05, 0.1) is 0 Å². The minimum absolute atomic E-state index is 0.428. The lowest BCUT2D eigenvalue weighted by Crippen LogP contribution is -2.44. The smallest absolute Gasteiger partial charge is 0.00331 e. The van der Waals surface area contributed by atoms with Crippen molar-refractivity contribution in [3.8, 4) is 0 Å². The average molecular weight is 354 g/mol. The Labute approximate surface area is 161 Å². The third kappa shape index (κ3) is 12.9. The van der Waals surface area contributed by atoms with Crippen LogP contribution in [0.4, 0.5) is 0 Å². The lowest BCUT2D eigenvalue weighted by molar-refractivity contribution is 0.0733. The molecule has 0 radical (unpaired) electrons. The maximum atomic E-state index is 2.82. The number of nitrogens with zero attached hydrogens (tertiary/aromatic N) is 1. The summed E-state index contributed by atoms with van der Waals surface area (Å²) in [6.07, 6.45) is 12.1. The Morgan fingerprint density at radius 2 is 0.720 bits per heavy atom. The highest BCUT2D eigenvalue weighted by Crippen LogP contribution is 2.32. The van der Waals surface area contributed by atoms with Gasteiger partial charge in [0, 0.05) is 19.6 Å². The van der Waals surface area contributed by atoms with Gasteiger partial charge in [0.1, 0.15) is 0 Å². The van der Waals surface area contributed by atoms with Crippen molar-refractivity contribution >= 4 is 0 Å². The van der Waals surface area contributed by atoms with Crippen LogP contribution < -0.4 is 0 Å². The summed E-state index contributed by atoms with van der Waals surface area (Å²) in [5, 5.41) is 0. The van der Waals surface area contributed by atoms with E-state index < -0.39 is 0 Å². The summed E-state index contributed by atoms with van der Waals surface area (Å²) in [5.74, 6) is 0. The second-order valence-corrected chi connectivity index (χ2v) is 10.9. The second kappa shape index (κ2) is 11.6. The van der Waals surface area contributed by atoms with Crippen LogP contribution in [0, 0.1) is 16.2 Å². The molecule has 0 aliphatic carbocycles. The number of hydrogen-bond acceptors (Lipinski definition) is 1. The fraction of sp³-hybridized carbons (Fsp3) is 1.00. The zero-order valence-electron chi connectivity index (χ0n) is 19.4. The predicted octanol–water partition coefficient (Wildman–Crippen LogP) is 7.94. The van der Waals surface area contributed by atoms with Gasteiger partial charge in [-0.1, -0.05) is 101 Å². The van der Waals surface area contributed by atoms with E-state index in [1.54, 1.807) is 0 Å². The Balaban J connectivity index is 5.03. The fourth-order valence-corrected chi connectivity index (χ4v) is 4.19. The summed E-state index contributed by atoms with van der Waals surface area (Å²) >= 11 is 0. The lowest BCUT2D eigenvalue weighted by atomic mass is 9.81. The maximum absolute atomic E-state index is 2.82. The van der Waals surface area contributed by atoms with Gasteiger partial charge in [-0.05, 0) is 35.5 Å². The molecule has 0 aromatic rings. The van der Waals surface area contributed by atoms with Crippen molar-refractivity contribution in [2.45, 2.75) is 120 Å². The largest absolute Gasteiger partial charge is 0.302 e. The third-order valence-corrected chi connectivity index (χ3v) is 5.58. The van der Waals surface area contributed by atoms with Crippen LogP contribution in [0.5, 0.6) is 0 Å². The molecule has 0 fully saturated rings. The van der Waals surface area contributed by atoms with E-state index in [-0.39, 0.29) is 0 Å². The molecule has 1 nitrogen and oxygen atoms in total. The molecule has 0 atom stereocenters. The number of unbranched alkanes of at least 4 members (excludes halogenated alkanes) is 3. The van der Waals surface area contributed by atoms with Crippen molar-refractivity contribution in [2.24, 2.45) is 16.2 Å². The van der Waals surface area contributed by atoms with Crippen molar-refractivity contribution in [2.75, 3.05) is 19.6 Å². The highest BCUT2D eigenvalue weighted by molar-refractivity contribution is 4.83. The van der Waals surface area contributed by atoms with Gasteiger partial charge in [0.15, 0.2) is 0 Å². The fourth-order valence-electron chi connectivity index (χ4n) is 4.19. The summed E-state index contributed by atoms with van der Waals surface area (Å²) in [7, 11) is 0. The van der Waals surface area contributed by atoms with Crippen LogP contribution in [0.1, 0.15) is 120 Å². The van der Waals surface area contributed by atoms with E-state index in [1.165, 1.54) is 77.4 Å². The molecular formula is C24H51N. The standard InChI is InChI=1S/C24H51N/c1-10-13-16-22(4,5)19-25(20-23(6,7)17-14-11-2)21-24(8,9)18-15-12-3/h10-21H2,1-9H3. The molecule has 0 N–H and O–H groups in total. The summed E-state index contributed by atoms with van der Waals surface area (Å²) in [6, 6.07) is 0. The molecule has 1 heteroatoms. The summed E-state index contributed by atoms with van der Waals surface area (Å²) in [6.45, 7) is 25.6. The molecule has 0 saturated heterocycles. The highest BCUT2D eigenvalue weighted by atomic mass is 15.1. The molecule has 0 aromatic heterocycles. The Bertz CT molecular complexity index is 275. The van der Waals surface area contributed by atoms with E-state index in [2.05, 4.69) is 67.2 Å². The van der Waals surface area contributed by atoms with Crippen molar-refractivity contribution in [3.63, 3.8) is 0 Å². The molecule has 25 heavy (non-hydrogen) atoms. The third-order valence-electron chi connectivity index (χ3n) is 5.58. The van der Waals surface area contributed by atoms with Gasteiger partial charge in [0.25, 0.3) is 0 Å². The van der Waals surface area contributed by atoms with Gasteiger partial charge in [-0.15, -0.1) is 0 Å². The lowest BCUT2D eigenvalue weighted by Gasteiger charge is -2.41. The van der Waals surface area contributed by atoms with E-state index in [0.717, 1.165) is 0 Å². The molecule has 152 valence electrons. The summed E-state index contributed by atoms with van der Waals surface area (Å²) in [4.78, 5) is 2.82. The first-order chi connectivity index (χ1) is 11.5. The molecule has 0 spiro atoms. The van der Waals surface area contributed by atoms with Crippen molar-refractivity contribution in [3.05, 3.63) is 0 Å². The highest BCUT2D eigenvalue weighted by Gasteiger charge is 2.30. The van der Waals surface area contributed by atoms with E-state index in [0.29, 0.717) is 16.2 Å². The summed E-state index contributed by atoms with van der Waals surface area (Å²) in [5.41, 5.74) is 1.28. The normalized spacial score (nSPS) is 13.7. The van der Waals surface area contributed by atoms with Crippen molar-refractivity contribution < 1.29 is 0 Å². The van der Waals surface area contributed by atoms with Crippen LogP contribution >= 0.6 is 0 Å². The van der Waals surface area contributed by atoms with E-state index >= 15 is 0 Å². The van der Waals surface area contributed by atoms with Crippen LogP contribution in [0.3, 0.4) is 0 Å². The molecule has 0 heterocycles. The molecule has 0 aromatic carbocycles. The maximum Gasteiger partial charge on any atom is 0.00331 e. The molecule has 0 amide bonds. The molecular weight excluding hydrogens is 302 g/mol. The Hall–Kier alpha value is -0.0400. The monoisotopic (exact) mass is 353 g/mol. The van der Waals surface area contributed by atoms with Crippen LogP contribution in [-0.2, 0) is 0 Å². The number of rotatable bonds is 15. The zero-order chi connectivity index (χ0) is 19.6. The first-order valence-corrected chi connectivity index (χ1v) is 11.2. The van der Waals surface area contributed by atoms with Gasteiger partial charge < -0.3 is 4.90 Å². The Kier molecular flexibility index (Phi) is 11.6. The first-order valence-electron chi connectivity index (χ1n) is 11.2. The first kappa shape index (κ1) is 25.0. The molecule has 0 saturated carbocycles.